The number of aliphatic carboxylic acids is 1. The maximum absolute atomic E-state index is 11.4. The Labute approximate surface area is 234 Å². The van der Waals surface area contributed by atoms with Crippen LogP contribution in [0.5, 0.6) is 11.5 Å². The monoisotopic (exact) mass is 551 g/mol. The fraction of sp³-hybridized carbons (Fsp3) is 0.387. The van der Waals surface area contributed by atoms with Crippen LogP contribution >= 0.6 is 0 Å². The van der Waals surface area contributed by atoms with Gasteiger partial charge in [-0.15, -0.1) is 0 Å². The molecule has 0 aromatic heterocycles. The molecule has 0 bridgehead atoms. The summed E-state index contributed by atoms with van der Waals surface area (Å²) in [6.45, 7) is 3.49. The van der Waals surface area contributed by atoms with E-state index in [2.05, 4.69) is 36.5 Å². The molecule has 40 heavy (non-hydrogen) atoms. The lowest BCUT2D eigenvalue weighted by atomic mass is 9.76. The van der Waals surface area contributed by atoms with Crippen LogP contribution in [0.15, 0.2) is 78.9 Å². The smallest absolute Gasteiger partial charge is 0.335 e. The molecule has 0 radical (unpaired) electrons. The zero-order chi connectivity index (χ0) is 28.6. The van der Waals surface area contributed by atoms with Gasteiger partial charge < -0.3 is 40.0 Å². The van der Waals surface area contributed by atoms with Gasteiger partial charge in [0.05, 0.1) is 0 Å². The van der Waals surface area contributed by atoms with Gasteiger partial charge in [0.2, 0.25) is 6.29 Å². The third-order valence-corrected chi connectivity index (χ3v) is 7.23. The normalized spacial score (nSPS) is 24.2. The zero-order valence-electron chi connectivity index (χ0n) is 22.6. The molecular weight excluding hydrogens is 514 g/mol. The Morgan fingerprint density at radius 1 is 0.850 bits per heavy atom. The van der Waals surface area contributed by atoms with Gasteiger partial charge in [-0.05, 0) is 60.3 Å². The lowest BCUT2D eigenvalue weighted by Crippen LogP contribution is -2.61. The summed E-state index contributed by atoms with van der Waals surface area (Å²) in [6, 6.07) is 25.8. The molecule has 1 saturated heterocycles. The molecule has 1 heterocycles. The molecule has 0 aliphatic carbocycles. The van der Waals surface area contributed by atoms with Crippen molar-refractivity contribution in [2.24, 2.45) is 0 Å². The van der Waals surface area contributed by atoms with Gasteiger partial charge in [0.15, 0.2) is 6.10 Å². The van der Waals surface area contributed by atoms with Crippen LogP contribution in [-0.4, -0.2) is 77.3 Å². The molecule has 214 valence electrons. The predicted molar refractivity (Wildman–Crippen MR) is 149 cm³/mol. The summed E-state index contributed by atoms with van der Waals surface area (Å²) in [5, 5.41) is 42.7. The van der Waals surface area contributed by atoms with Crippen LogP contribution in [0.2, 0.25) is 0 Å². The van der Waals surface area contributed by atoms with Crippen molar-refractivity contribution in [2.45, 2.75) is 55.9 Å². The number of likely N-dealkylation sites (N-methyl/N-ethyl adjacent to an activating group) is 1. The Kier molecular flexibility index (Phi) is 10.1. The van der Waals surface area contributed by atoms with E-state index in [1.165, 1.54) is 5.56 Å². The minimum absolute atomic E-state index is 0.0117. The maximum atomic E-state index is 11.4. The van der Waals surface area contributed by atoms with E-state index in [-0.39, 0.29) is 11.8 Å². The van der Waals surface area contributed by atoms with E-state index in [4.69, 9.17) is 14.2 Å². The highest BCUT2D eigenvalue weighted by Crippen LogP contribution is 2.41. The lowest BCUT2D eigenvalue weighted by Gasteiger charge is -2.38. The van der Waals surface area contributed by atoms with Gasteiger partial charge in [0.25, 0.3) is 0 Å². The number of benzene rings is 3. The molecule has 1 fully saturated rings. The SMILES string of the molecule is CCC(c1ccccc1)C(c1ccc(OCCNC)cc1)c1ccc(OC2OC(C(=O)O)C(O)C(O)C2O)cc1. The first kappa shape index (κ1) is 29.5. The Morgan fingerprint density at radius 3 is 2.00 bits per heavy atom. The second-order valence-corrected chi connectivity index (χ2v) is 9.85. The molecule has 4 rings (SSSR count). The van der Waals surface area contributed by atoms with Crippen molar-refractivity contribution < 1.29 is 39.4 Å². The number of carbonyl (C=O) groups is 1. The highest BCUT2D eigenvalue weighted by Gasteiger charge is 2.48. The number of carboxylic acid groups (broad SMARTS) is 1. The average molecular weight is 552 g/mol. The number of nitrogens with one attached hydrogen (secondary N) is 1. The standard InChI is InChI=1S/C31H37NO8/c1-3-24(19-7-5-4-6-8-19)25(20-9-13-22(14-10-20)38-18-17-32-2)21-11-15-23(16-12-21)39-31-28(35)26(33)27(34)29(40-31)30(36)37/h4-16,24-29,31-35H,3,17-18H2,1-2H3,(H,36,37). The number of ether oxygens (including phenoxy) is 3. The fourth-order valence-corrected chi connectivity index (χ4v) is 5.10. The van der Waals surface area contributed by atoms with Gasteiger partial charge in [0, 0.05) is 12.5 Å². The minimum atomic E-state index is -1.78. The number of carboxylic acids is 1. The molecule has 0 saturated carbocycles. The summed E-state index contributed by atoms with van der Waals surface area (Å²) >= 11 is 0. The molecular formula is C31H37NO8. The molecule has 3 aromatic carbocycles. The highest BCUT2D eigenvalue weighted by atomic mass is 16.7. The van der Waals surface area contributed by atoms with Gasteiger partial charge in [-0.1, -0.05) is 61.5 Å². The second-order valence-electron chi connectivity index (χ2n) is 9.85. The number of hydrogen-bond acceptors (Lipinski definition) is 8. The first-order chi connectivity index (χ1) is 19.3. The Hall–Kier alpha value is -3.47. The van der Waals surface area contributed by atoms with Crippen molar-refractivity contribution in [1.82, 2.24) is 5.32 Å². The van der Waals surface area contributed by atoms with E-state index >= 15 is 0 Å². The predicted octanol–water partition coefficient (Wildman–Crippen LogP) is 2.88. The van der Waals surface area contributed by atoms with Gasteiger partial charge in [0.1, 0.15) is 36.4 Å². The average Bonchev–Trinajstić information content (AvgIpc) is 2.97. The molecule has 1 aliphatic heterocycles. The second kappa shape index (κ2) is 13.7. The molecule has 1 aliphatic rings. The van der Waals surface area contributed by atoms with Crippen LogP contribution in [0, 0.1) is 0 Å². The van der Waals surface area contributed by atoms with Crippen molar-refractivity contribution in [2.75, 3.05) is 20.2 Å². The van der Waals surface area contributed by atoms with Crippen LogP contribution < -0.4 is 14.8 Å². The quantitative estimate of drug-likeness (QED) is 0.215. The van der Waals surface area contributed by atoms with Crippen LogP contribution in [0.4, 0.5) is 0 Å². The Morgan fingerprint density at radius 2 is 1.45 bits per heavy atom. The third kappa shape index (κ3) is 6.80. The molecule has 3 aromatic rings. The summed E-state index contributed by atoms with van der Waals surface area (Å²) in [7, 11) is 1.88. The van der Waals surface area contributed by atoms with E-state index < -0.39 is 36.7 Å². The van der Waals surface area contributed by atoms with Crippen molar-refractivity contribution in [1.29, 1.82) is 0 Å². The third-order valence-electron chi connectivity index (χ3n) is 7.23. The summed E-state index contributed by atoms with van der Waals surface area (Å²) in [6.07, 6.45) is -7.44. The van der Waals surface area contributed by atoms with Crippen LogP contribution in [0.3, 0.4) is 0 Å². The van der Waals surface area contributed by atoms with Gasteiger partial charge in [-0.25, -0.2) is 4.79 Å². The van der Waals surface area contributed by atoms with Crippen molar-refractivity contribution >= 4 is 5.97 Å². The van der Waals surface area contributed by atoms with Crippen LogP contribution in [-0.2, 0) is 9.53 Å². The van der Waals surface area contributed by atoms with Crippen molar-refractivity contribution in [3.63, 3.8) is 0 Å². The fourth-order valence-electron chi connectivity index (χ4n) is 5.10. The van der Waals surface area contributed by atoms with Crippen molar-refractivity contribution in [3.8, 4) is 11.5 Å². The molecule has 7 atom stereocenters. The molecule has 9 heteroatoms. The van der Waals surface area contributed by atoms with Gasteiger partial charge in [-0.3, -0.25) is 0 Å². The Balaban J connectivity index is 1.60. The Bertz CT molecular complexity index is 1200. The maximum Gasteiger partial charge on any atom is 0.335 e. The van der Waals surface area contributed by atoms with E-state index in [1.807, 2.05) is 49.5 Å². The number of aliphatic hydroxyl groups is 3. The molecule has 0 spiro atoms. The first-order valence-corrected chi connectivity index (χ1v) is 13.5. The zero-order valence-corrected chi connectivity index (χ0v) is 22.6. The van der Waals surface area contributed by atoms with E-state index in [9.17, 15) is 25.2 Å². The lowest BCUT2D eigenvalue weighted by molar-refractivity contribution is -0.271. The van der Waals surface area contributed by atoms with Crippen LogP contribution in [0.25, 0.3) is 0 Å². The number of hydrogen-bond donors (Lipinski definition) is 5. The summed E-state index contributed by atoms with van der Waals surface area (Å²) in [5.41, 5.74) is 3.38. The summed E-state index contributed by atoms with van der Waals surface area (Å²) in [5.74, 6) is -0.152. The number of aliphatic hydroxyl groups excluding tert-OH is 3. The molecule has 7 unspecified atom stereocenters. The summed E-state index contributed by atoms with van der Waals surface area (Å²) in [4.78, 5) is 11.4. The van der Waals surface area contributed by atoms with Gasteiger partial charge >= 0.3 is 5.97 Å². The van der Waals surface area contributed by atoms with Crippen LogP contribution in [0.1, 0.15) is 41.9 Å². The van der Waals surface area contributed by atoms with Crippen molar-refractivity contribution in [3.05, 3.63) is 95.6 Å². The molecule has 0 amide bonds. The largest absolute Gasteiger partial charge is 0.492 e. The first-order valence-electron chi connectivity index (χ1n) is 13.5. The number of rotatable bonds is 12. The minimum Gasteiger partial charge on any atom is -0.492 e. The molecule has 5 N–H and O–H groups in total. The van der Waals surface area contributed by atoms with E-state index in [0.29, 0.717) is 12.4 Å². The van der Waals surface area contributed by atoms with E-state index in [1.54, 1.807) is 12.1 Å². The van der Waals surface area contributed by atoms with Gasteiger partial charge in [-0.2, -0.15) is 0 Å². The molecule has 9 nitrogen and oxygen atoms in total. The summed E-state index contributed by atoms with van der Waals surface area (Å²) < 4.78 is 16.8. The highest BCUT2D eigenvalue weighted by molar-refractivity contribution is 5.73. The van der Waals surface area contributed by atoms with E-state index in [0.717, 1.165) is 29.8 Å². The topological polar surface area (TPSA) is 138 Å².